The molecule has 0 aromatic heterocycles. The number of hydrogen-bond acceptors (Lipinski definition) is 2. The largest absolute Gasteiger partial charge is 0.394 e. The fourth-order valence-corrected chi connectivity index (χ4v) is 0.985. The van der Waals surface area contributed by atoms with Gasteiger partial charge in [-0.25, -0.2) is 0 Å². The molecule has 0 aliphatic rings. The predicted molar refractivity (Wildman–Crippen MR) is 51.0 cm³/mol. The van der Waals surface area contributed by atoms with Crippen LogP contribution in [-0.4, -0.2) is 24.5 Å². The average Bonchev–Trinajstić information content (AvgIpc) is 2.09. The van der Waals surface area contributed by atoms with Crippen LogP contribution in [-0.2, 0) is 0 Å². The Morgan fingerprint density at radius 3 is 2.83 bits per heavy atom. The van der Waals surface area contributed by atoms with Crippen LogP contribution in [0.3, 0.4) is 0 Å². The molecule has 1 rings (SSSR count). The third-order valence-electron chi connectivity index (χ3n) is 1.36. The minimum absolute atomic E-state index is 0.0704. The molecule has 0 saturated carbocycles. The quantitative estimate of drug-likeness (QED) is 0.712. The molecule has 2 nitrogen and oxygen atoms in total. The fourth-order valence-electron chi connectivity index (χ4n) is 0.800. The van der Waals surface area contributed by atoms with Gasteiger partial charge in [-0.05, 0) is 6.07 Å². The van der Waals surface area contributed by atoms with E-state index in [9.17, 15) is 0 Å². The summed E-state index contributed by atoms with van der Waals surface area (Å²) < 4.78 is 0. The van der Waals surface area contributed by atoms with Crippen molar-refractivity contribution in [2.45, 2.75) is 0 Å². The van der Waals surface area contributed by atoms with Gasteiger partial charge in [-0.2, -0.15) is 0 Å². The van der Waals surface area contributed by atoms with Crippen LogP contribution in [0.15, 0.2) is 29.3 Å². The van der Waals surface area contributed by atoms with E-state index in [2.05, 4.69) is 4.99 Å². The molecule has 3 heteroatoms. The Morgan fingerprint density at radius 1 is 1.42 bits per heavy atom. The van der Waals surface area contributed by atoms with Crippen molar-refractivity contribution < 1.29 is 5.11 Å². The first-order chi connectivity index (χ1) is 5.84. The summed E-state index contributed by atoms with van der Waals surface area (Å²) in [5, 5.41) is 9.15. The lowest BCUT2D eigenvalue weighted by molar-refractivity contribution is 0.307. The van der Waals surface area contributed by atoms with Crippen molar-refractivity contribution in [1.82, 2.24) is 0 Å². The highest BCUT2D eigenvalue weighted by Gasteiger charge is 1.92. The van der Waals surface area contributed by atoms with Crippen molar-refractivity contribution in [1.29, 1.82) is 0 Å². The summed E-state index contributed by atoms with van der Waals surface area (Å²) in [6, 6.07) is 7.45. The highest BCUT2D eigenvalue weighted by molar-refractivity contribution is 6.33. The van der Waals surface area contributed by atoms with Crippen LogP contribution in [0.4, 0.5) is 0 Å². The van der Waals surface area contributed by atoms with Gasteiger partial charge in [0.2, 0.25) is 0 Å². The Labute approximate surface area is 76.5 Å². The second-order valence-corrected chi connectivity index (χ2v) is 2.69. The molecule has 0 heterocycles. The standard InChI is InChI=1S/C9H10ClNO/c10-9-4-2-1-3-8(9)7-11-5-6-12/h1-4,7,12H,5-6H2. The van der Waals surface area contributed by atoms with Crippen LogP contribution >= 0.6 is 11.6 Å². The van der Waals surface area contributed by atoms with Crippen molar-refractivity contribution in [2.24, 2.45) is 4.99 Å². The summed E-state index contributed by atoms with van der Waals surface area (Å²) in [5.74, 6) is 0. The zero-order chi connectivity index (χ0) is 8.81. The van der Waals surface area contributed by atoms with Crippen molar-refractivity contribution in [3.8, 4) is 0 Å². The molecule has 1 aromatic carbocycles. The lowest BCUT2D eigenvalue weighted by atomic mass is 10.2. The van der Waals surface area contributed by atoms with E-state index in [0.717, 1.165) is 5.56 Å². The molecule has 0 aliphatic heterocycles. The van der Waals surface area contributed by atoms with Gasteiger partial charge in [0.1, 0.15) is 0 Å². The number of nitrogens with zero attached hydrogens (tertiary/aromatic N) is 1. The first-order valence-corrected chi connectivity index (χ1v) is 4.07. The Kier molecular flexibility index (Phi) is 3.77. The molecule has 0 saturated heterocycles. The summed E-state index contributed by atoms with van der Waals surface area (Å²) in [7, 11) is 0. The maximum Gasteiger partial charge on any atom is 0.0626 e. The van der Waals surface area contributed by atoms with E-state index in [1.807, 2.05) is 24.3 Å². The van der Waals surface area contributed by atoms with Gasteiger partial charge in [0.25, 0.3) is 0 Å². The van der Waals surface area contributed by atoms with Crippen molar-refractivity contribution in [2.75, 3.05) is 13.2 Å². The smallest absolute Gasteiger partial charge is 0.0626 e. The van der Waals surface area contributed by atoms with Gasteiger partial charge >= 0.3 is 0 Å². The number of aliphatic imine (C=N–C) groups is 1. The molecule has 0 fully saturated rings. The van der Waals surface area contributed by atoms with E-state index >= 15 is 0 Å². The highest BCUT2D eigenvalue weighted by Crippen LogP contribution is 2.11. The zero-order valence-electron chi connectivity index (χ0n) is 6.57. The molecule has 0 aliphatic carbocycles. The van der Waals surface area contributed by atoms with E-state index in [1.54, 1.807) is 6.21 Å². The molecule has 12 heavy (non-hydrogen) atoms. The lowest BCUT2D eigenvalue weighted by Gasteiger charge is -1.94. The first-order valence-electron chi connectivity index (χ1n) is 3.70. The Morgan fingerprint density at radius 2 is 2.17 bits per heavy atom. The molecular formula is C9H10ClNO. The first kappa shape index (κ1) is 9.23. The minimum atomic E-state index is 0.0704. The van der Waals surface area contributed by atoms with E-state index in [0.29, 0.717) is 11.6 Å². The normalized spacial score (nSPS) is 10.8. The van der Waals surface area contributed by atoms with E-state index in [1.165, 1.54) is 0 Å². The van der Waals surface area contributed by atoms with Crippen LogP contribution in [0.5, 0.6) is 0 Å². The molecular weight excluding hydrogens is 174 g/mol. The van der Waals surface area contributed by atoms with Gasteiger partial charge in [-0.3, -0.25) is 4.99 Å². The van der Waals surface area contributed by atoms with Crippen molar-refractivity contribution in [3.63, 3.8) is 0 Å². The van der Waals surface area contributed by atoms with E-state index in [-0.39, 0.29) is 6.61 Å². The van der Waals surface area contributed by atoms with Gasteiger partial charge in [0, 0.05) is 16.8 Å². The predicted octanol–water partition coefficient (Wildman–Crippen LogP) is 1.75. The average molecular weight is 184 g/mol. The van der Waals surface area contributed by atoms with E-state index < -0.39 is 0 Å². The highest BCUT2D eigenvalue weighted by atomic mass is 35.5. The van der Waals surface area contributed by atoms with Gasteiger partial charge in [0.05, 0.1) is 13.2 Å². The summed E-state index contributed by atoms with van der Waals surface area (Å²) in [6.45, 7) is 0.492. The van der Waals surface area contributed by atoms with Gasteiger partial charge in [-0.1, -0.05) is 29.8 Å². The molecule has 0 atom stereocenters. The molecule has 0 bridgehead atoms. The number of aliphatic hydroxyl groups is 1. The zero-order valence-corrected chi connectivity index (χ0v) is 7.33. The summed E-state index contributed by atoms with van der Waals surface area (Å²) in [6.07, 6.45) is 1.67. The number of rotatable bonds is 3. The second kappa shape index (κ2) is 4.91. The summed E-state index contributed by atoms with van der Waals surface area (Å²) >= 11 is 5.85. The number of hydrogen-bond donors (Lipinski definition) is 1. The third kappa shape index (κ3) is 2.64. The topological polar surface area (TPSA) is 32.6 Å². The molecule has 64 valence electrons. The number of benzene rings is 1. The maximum atomic E-state index is 8.47. The number of aliphatic hydroxyl groups excluding tert-OH is 1. The molecule has 1 aromatic rings. The van der Waals surface area contributed by atoms with Gasteiger partial charge < -0.3 is 5.11 Å². The van der Waals surface area contributed by atoms with Gasteiger partial charge in [-0.15, -0.1) is 0 Å². The summed E-state index contributed by atoms with van der Waals surface area (Å²) in [5.41, 5.74) is 0.882. The third-order valence-corrected chi connectivity index (χ3v) is 1.71. The number of halogens is 1. The van der Waals surface area contributed by atoms with Gasteiger partial charge in [0.15, 0.2) is 0 Å². The van der Waals surface area contributed by atoms with Crippen LogP contribution in [0.1, 0.15) is 5.56 Å². The molecule has 0 amide bonds. The Hall–Kier alpha value is -0.860. The second-order valence-electron chi connectivity index (χ2n) is 2.28. The molecule has 0 radical (unpaired) electrons. The molecule has 0 unspecified atom stereocenters. The fraction of sp³-hybridized carbons (Fsp3) is 0.222. The summed E-state index contributed by atoms with van der Waals surface area (Å²) in [4.78, 5) is 3.96. The SMILES string of the molecule is OCCN=Cc1ccccc1Cl. The monoisotopic (exact) mass is 183 g/mol. The van der Waals surface area contributed by atoms with E-state index in [4.69, 9.17) is 16.7 Å². The minimum Gasteiger partial charge on any atom is -0.394 e. The Balaban J connectivity index is 2.68. The maximum absolute atomic E-state index is 8.47. The molecule has 1 N–H and O–H groups in total. The van der Waals surface area contributed by atoms with Crippen molar-refractivity contribution in [3.05, 3.63) is 34.9 Å². The lowest BCUT2D eigenvalue weighted by Crippen LogP contribution is -1.89. The Bertz CT molecular complexity index is 273. The van der Waals surface area contributed by atoms with Crippen LogP contribution in [0.25, 0.3) is 0 Å². The van der Waals surface area contributed by atoms with Crippen LogP contribution in [0, 0.1) is 0 Å². The van der Waals surface area contributed by atoms with Crippen LogP contribution < -0.4 is 0 Å². The molecule has 0 spiro atoms. The van der Waals surface area contributed by atoms with Crippen molar-refractivity contribution >= 4 is 17.8 Å². The van der Waals surface area contributed by atoms with Crippen LogP contribution in [0.2, 0.25) is 5.02 Å².